The quantitative estimate of drug-likeness (QED) is 0.0169. The van der Waals surface area contributed by atoms with Crippen LogP contribution in [0.15, 0.2) is 60.8 Å². The molecule has 19 heteroatoms. The smallest absolute Gasteiger partial charge is 0.462 e. The normalized spacial score (nSPS) is 14.4. The minimum absolute atomic E-state index is 0.0832. The standard InChI is InChI=1S/C73H132O17P2/c1-5-9-13-17-21-25-29-32-33-36-39-42-46-50-54-58-71(76)84-64-69(90-73(78)60-56-52-48-44-40-35-31-27-23-19-15-11-7-3)66-88-92(81,82)86-62-67(74)61-85-91(79,80)87-65-68(89-72(77)59-55-51-47-43-37-28-24-20-16-12-8-4)63-83-70(75)57-53-49-45-41-38-34-30-26-22-18-14-10-6-2/h14-15,18-20,24,26-27,30-31,67-69,74H,5-13,16-17,21-23,25,28-29,32-66H2,1-4H3,(H,79,80)(H,81,82)/b18-14-,19-15-,24-20-,30-26-,31-27-. The molecule has 0 aliphatic carbocycles. The van der Waals surface area contributed by atoms with Crippen molar-refractivity contribution in [3.05, 3.63) is 60.8 Å². The molecular weight excluding hydrogens is 1210 g/mol. The number of carbonyl (C=O) groups excluding carboxylic acids is 4. The fraction of sp³-hybridized carbons (Fsp3) is 0.808. The van der Waals surface area contributed by atoms with E-state index in [0.29, 0.717) is 25.7 Å². The van der Waals surface area contributed by atoms with Crippen molar-refractivity contribution in [2.75, 3.05) is 39.6 Å². The topological polar surface area (TPSA) is 237 Å². The van der Waals surface area contributed by atoms with E-state index in [0.717, 1.165) is 161 Å². The number of hydrogen-bond donors (Lipinski definition) is 3. The first-order valence-electron chi connectivity index (χ1n) is 36.5. The van der Waals surface area contributed by atoms with Crippen LogP contribution in [0.3, 0.4) is 0 Å². The number of unbranched alkanes of at least 4 members (excludes halogenated alkanes) is 33. The molecule has 0 saturated carbocycles. The maximum absolute atomic E-state index is 13.0. The molecule has 0 amide bonds. The van der Waals surface area contributed by atoms with E-state index in [-0.39, 0.29) is 25.7 Å². The van der Waals surface area contributed by atoms with Crippen molar-refractivity contribution in [3.8, 4) is 0 Å². The van der Waals surface area contributed by atoms with E-state index in [2.05, 4.69) is 88.5 Å². The highest BCUT2D eigenvalue weighted by atomic mass is 31.2. The second kappa shape index (κ2) is 66.4. The second-order valence-corrected chi connectivity index (χ2v) is 27.4. The molecule has 0 aromatic carbocycles. The summed E-state index contributed by atoms with van der Waals surface area (Å²) in [6, 6.07) is 0. The SMILES string of the molecule is CCC/C=C\C/C=C\CCCCCCCC(=O)OCC(COP(=O)(O)OCC(O)COP(=O)(O)OCC(COC(=O)CCCCCCCCCCCCCCCCC)OC(=O)CCCCCCC/C=C\C/C=C\CCC)OC(=O)CCCCCCC/C=C\CCCC. The van der Waals surface area contributed by atoms with Crippen LogP contribution in [-0.4, -0.2) is 96.7 Å². The highest BCUT2D eigenvalue weighted by Gasteiger charge is 2.30. The first-order valence-corrected chi connectivity index (χ1v) is 39.5. The molecule has 536 valence electrons. The molecule has 0 rings (SSSR count). The molecule has 0 fully saturated rings. The molecule has 5 unspecified atom stereocenters. The van der Waals surface area contributed by atoms with Gasteiger partial charge in [-0.1, -0.05) is 262 Å². The molecule has 3 N–H and O–H groups in total. The van der Waals surface area contributed by atoms with Crippen molar-refractivity contribution in [2.24, 2.45) is 0 Å². The molecule has 0 aromatic rings. The summed E-state index contributed by atoms with van der Waals surface area (Å²) in [5.41, 5.74) is 0. The number of rotatable bonds is 69. The Hall–Kier alpha value is -3.24. The van der Waals surface area contributed by atoms with E-state index >= 15 is 0 Å². The summed E-state index contributed by atoms with van der Waals surface area (Å²) in [6.45, 7) is 4.69. The van der Waals surface area contributed by atoms with Crippen LogP contribution < -0.4 is 0 Å². The molecular formula is C73H132O17P2. The summed E-state index contributed by atoms with van der Waals surface area (Å²) in [5.74, 6) is -2.19. The summed E-state index contributed by atoms with van der Waals surface area (Å²) >= 11 is 0. The summed E-state index contributed by atoms with van der Waals surface area (Å²) < 4.78 is 68.3. The Labute approximate surface area is 559 Å². The first-order chi connectivity index (χ1) is 44.7. The van der Waals surface area contributed by atoms with Crippen LogP contribution in [0.25, 0.3) is 0 Å². The molecule has 92 heavy (non-hydrogen) atoms. The van der Waals surface area contributed by atoms with Crippen LogP contribution in [0, 0.1) is 0 Å². The van der Waals surface area contributed by atoms with Crippen molar-refractivity contribution < 1.29 is 80.2 Å². The van der Waals surface area contributed by atoms with Gasteiger partial charge < -0.3 is 33.8 Å². The highest BCUT2D eigenvalue weighted by molar-refractivity contribution is 7.47. The largest absolute Gasteiger partial charge is 0.472 e. The zero-order valence-corrected chi connectivity index (χ0v) is 60.0. The first kappa shape index (κ1) is 88.8. The number of aliphatic hydroxyl groups excluding tert-OH is 1. The Morgan fingerprint density at radius 3 is 0.891 bits per heavy atom. The molecule has 0 heterocycles. The average molecular weight is 1340 g/mol. The van der Waals surface area contributed by atoms with Crippen molar-refractivity contribution in [1.82, 2.24) is 0 Å². The Balaban J connectivity index is 5.30. The van der Waals surface area contributed by atoms with Crippen LogP contribution >= 0.6 is 15.6 Å². The minimum Gasteiger partial charge on any atom is -0.462 e. The summed E-state index contributed by atoms with van der Waals surface area (Å²) in [7, 11) is -9.93. The molecule has 17 nitrogen and oxygen atoms in total. The third-order valence-electron chi connectivity index (χ3n) is 15.4. The van der Waals surface area contributed by atoms with Crippen molar-refractivity contribution in [3.63, 3.8) is 0 Å². The van der Waals surface area contributed by atoms with Crippen LogP contribution in [0.2, 0.25) is 0 Å². The predicted octanol–water partition coefficient (Wildman–Crippen LogP) is 20.3. The van der Waals surface area contributed by atoms with Crippen molar-refractivity contribution >= 4 is 39.5 Å². The lowest BCUT2D eigenvalue weighted by atomic mass is 10.0. The lowest BCUT2D eigenvalue weighted by Gasteiger charge is -2.21. The van der Waals surface area contributed by atoms with Crippen LogP contribution in [0.4, 0.5) is 0 Å². The lowest BCUT2D eigenvalue weighted by molar-refractivity contribution is -0.161. The Kier molecular flexibility index (Phi) is 64.0. The van der Waals surface area contributed by atoms with Gasteiger partial charge in [0.2, 0.25) is 0 Å². The fourth-order valence-corrected chi connectivity index (χ4v) is 11.4. The fourth-order valence-electron chi connectivity index (χ4n) is 9.81. The molecule has 0 aliphatic rings. The lowest BCUT2D eigenvalue weighted by Crippen LogP contribution is -2.30. The van der Waals surface area contributed by atoms with E-state index in [9.17, 15) is 43.2 Å². The van der Waals surface area contributed by atoms with E-state index in [4.69, 9.17) is 37.0 Å². The Bertz CT molecular complexity index is 1990. The molecule has 0 aliphatic heterocycles. The average Bonchev–Trinajstić information content (AvgIpc) is 2.25. The van der Waals surface area contributed by atoms with Gasteiger partial charge in [0.25, 0.3) is 0 Å². The van der Waals surface area contributed by atoms with Gasteiger partial charge in [-0.3, -0.25) is 37.3 Å². The summed E-state index contributed by atoms with van der Waals surface area (Å²) in [4.78, 5) is 72.6. The maximum Gasteiger partial charge on any atom is 0.472 e. The van der Waals surface area contributed by atoms with Crippen molar-refractivity contribution in [1.29, 1.82) is 0 Å². The van der Waals surface area contributed by atoms with Gasteiger partial charge in [0, 0.05) is 25.7 Å². The zero-order valence-electron chi connectivity index (χ0n) is 58.2. The predicted molar refractivity (Wildman–Crippen MR) is 372 cm³/mol. The van der Waals surface area contributed by atoms with Crippen LogP contribution in [0.1, 0.15) is 323 Å². The molecule has 0 radical (unpaired) electrons. The van der Waals surface area contributed by atoms with Gasteiger partial charge >= 0.3 is 39.5 Å². The highest BCUT2D eigenvalue weighted by Crippen LogP contribution is 2.45. The number of phosphoric acid groups is 2. The van der Waals surface area contributed by atoms with E-state index in [1.807, 2.05) is 0 Å². The number of ether oxygens (including phenoxy) is 4. The van der Waals surface area contributed by atoms with Gasteiger partial charge in [0.15, 0.2) is 12.2 Å². The van der Waals surface area contributed by atoms with Crippen LogP contribution in [0.5, 0.6) is 0 Å². The van der Waals surface area contributed by atoms with Gasteiger partial charge in [-0.15, -0.1) is 0 Å². The number of hydrogen-bond acceptors (Lipinski definition) is 15. The van der Waals surface area contributed by atoms with Crippen LogP contribution in [-0.2, 0) is 65.4 Å². The maximum atomic E-state index is 13.0. The monoisotopic (exact) mass is 1340 g/mol. The number of carbonyl (C=O) groups is 4. The third-order valence-corrected chi connectivity index (χ3v) is 17.3. The van der Waals surface area contributed by atoms with E-state index in [1.54, 1.807) is 0 Å². The molecule has 0 bridgehead atoms. The van der Waals surface area contributed by atoms with Gasteiger partial charge in [-0.2, -0.15) is 0 Å². The Morgan fingerprint density at radius 2 is 0.565 bits per heavy atom. The number of phosphoric ester groups is 2. The molecule has 0 saturated heterocycles. The van der Waals surface area contributed by atoms with Gasteiger partial charge in [-0.05, 0) is 96.3 Å². The summed E-state index contributed by atoms with van der Waals surface area (Å²) in [5, 5.41) is 10.6. The number of allylic oxidation sites excluding steroid dienone is 10. The molecule has 5 atom stereocenters. The summed E-state index contributed by atoms with van der Waals surface area (Å²) in [6.07, 6.45) is 62.3. The zero-order chi connectivity index (χ0) is 67.5. The minimum atomic E-state index is -4.97. The second-order valence-electron chi connectivity index (χ2n) is 24.5. The van der Waals surface area contributed by atoms with Crippen molar-refractivity contribution in [2.45, 2.75) is 341 Å². The van der Waals surface area contributed by atoms with E-state index < -0.39 is 97.5 Å². The third kappa shape index (κ3) is 65.4. The Morgan fingerprint density at radius 1 is 0.304 bits per heavy atom. The van der Waals surface area contributed by atoms with E-state index in [1.165, 1.54) is 83.5 Å². The van der Waals surface area contributed by atoms with Gasteiger partial charge in [-0.25, -0.2) is 9.13 Å². The number of esters is 4. The van der Waals surface area contributed by atoms with Gasteiger partial charge in [0.05, 0.1) is 26.4 Å². The molecule has 0 spiro atoms. The molecule has 0 aromatic heterocycles. The van der Waals surface area contributed by atoms with Gasteiger partial charge in [0.1, 0.15) is 19.3 Å². The number of aliphatic hydroxyl groups is 1.